The van der Waals surface area contributed by atoms with Gasteiger partial charge in [-0.15, -0.1) is 6.58 Å². The molecule has 0 aliphatic carbocycles. The van der Waals surface area contributed by atoms with Gasteiger partial charge in [-0.05, 0) is 68.3 Å². The van der Waals surface area contributed by atoms with Gasteiger partial charge in [-0.25, -0.2) is 9.69 Å². The van der Waals surface area contributed by atoms with Crippen molar-refractivity contribution in [2.45, 2.75) is 25.2 Å². The maximum absolute atomic E-state index is 13.3. The summed E-state index contributed by atoms with van der Waals surface area (Å²) in [6.07, 6.45) is 3.01. The molecule has 0 saturated carbocycles. The first kappa shape index (κ1) is 28.6. The van der Waals surface area contributed by atoms with Crippen molar-refractivity contribution in [3.63, 3.8) is 0 Å². The van der Waals surface area contributed by atoms with Gasteiger partial charge >= 0.3 is 16.1 Å². The lowest BCUT2D eigenvalue weighted by atomic mass is 10.0. The van der Waals surface area contributed by atoms with Crippen LogP contribution in [0.3, 0.4) is 0 Å². The Balaban J connectivity index is 1.79. The van der Waals surface area contributed by atoms with Crippen molar-refractivity contribution in [3.05, 3.63) is 101 Å². The molecule has 1 N–H and O–H groups in total. The Kier molecular flexibility index (Phi) is 8.41. The number of barbiturate groups is 1. The molecule has 0 atom stereocenters. The van der Waals surface area contributed by atoms with Crippen LogP contribution in [0.25, 0.3) is 6.08 Å². The van der Waals surface area contributed by atoms with Crippen molar-refractivity contribution in [2.75, 3.05) is 11.5 Å². The molecule has 1 fully saturated rings. The number of carbonyl (C=O) groups excluding carboxylic acids is 3. The molecule has 40 heavy (non-hydrogen) atoms. The number of hydrogen-bond acceptors (Lipinski definition) is 7. The topological polar surface area (TPSA) is 119 Å². The van der Waals surface area contributed by atoms with Gasteiger partial charge in [-0.2, -0.15) is 8.42 Å². The van der Waals surface area contributed by atoms with Gasteiger partial charge < -0.3 is 8.92 Å². The second kappa shape index (κ2) is 11.8. The number of para-hydroxylation sites is 1. The summed E-state index contributed by atoms with van der Waals surface area (Å²) in [6, 6.07) is 14.5. The molecule has 0 unspecified atom stereocenters. The van der Waals surface area contributed by atoms with Crippen LogP contribution in [0.2, 0.25) is 5.02 Å². The number of amides is 4. The average molecular weight is 581 g/mol. The van der Waals surface area contributed by atoms with Gasteiger partial charge in [0.2, 0.25) is 0 Å². The first-order chi connectivity index (χ1) is 19.1. The lowest BCUT2D eigenvalue weighted by Crippen LogP contribution is -2.54. The molecular formula is C29H25ClN2O7S. The molecule has 0 aromatic heterocycles. The Bertz CT molecular complexity index is 1650. The molecule has 1 heterocycles. The van der Waals surface area contributed by atoms with Crippen molar-refractivity contribution in [3.8, 4) is 11.5 Å². The number of urea groups is 1. The Labute approximate surface area is 236 Å². The van der Waals surface area contributed by atoms with Gasteiger partial charge in [0.15, 0.2) is 11.5 Å². The van der Waals surface area contributed by atoms with E-state index >= 15 is 0 Å². The molecular weight excluding hydrogens is 556 g/mol. The molecule has 1 aliphatic heterocycles. The number of imide groups is 2. The van der Waals surface area contributed by atoms with Crippen LogP contribution in [0, 0.1) is 6.92 Å². The zero-order valence-electron chi connectivity index (χ0n) is 21.6. The zero-order chi connectivity index (χ0) is 29.0. The average Bonchev–Trinajstić information content (AvgIpc) is 2.90. The van der Waals surface area contributed by atoms with Gasteiger partial charge in [0.25, 0.3) is 11.8 Å². The van der Waals surface area contributed by atoms with Crippen LogP contribution in [0.15, 0.2) is 83.8 Å². The number of nitrogens with zero attached hydrogens (tertiary/aromatic N) is 1. The first-order valence-electron chi connectivity index (χ1n) is 12.1. The minimum atomic E-state index is -4.22. The third kappa shape index (κ3) is 5.93. The number of rotatable bonds is 9. The first-order valence-corrected chi connectivity index (χ1v) is 13.9. The number of benzene rings is 3. The molecule has 206 valence electrons. The van der Waals surface area contributed by atoms with E-state index in [2.05, 4.69) is 11.9 Å². The summed E-state index contributed by atoms with van der Waals surface area (Å²) in [6.45, 7) is 7.44. The SMILES string of the molecule is C=CCc1cc(/C=C2\C(=O)NC(=O)N(c3ccccc3Cl)C2=O)cc(OCC)c1OS(=O)(=O)c1ccc(C)cc1. The third-order valence-electron chi connectivity index (χ3n) is 5.83. The number of halogens is 1. The second-order valence-electron chi connectivity index (χ2n) is 8.69. The Morgan fingerprint density at radius 3 is 2.40 bits per heavy atom. The number of anilines is 1. The van der Waals surface area contributed by atoms with Crippen LogP contribution in [0.4, 0.5) is 10.5 Å². The minimum Gasteiger partial charge on any atom is -0.490 e. The Morgan fingerprint density at radius 2 is 1.75 bits per heavy atom. The predicted octanol–water partition coefficient (Wildman–Crippen LogP) is 5.21. The third-order valence-corrected chi connectivity index (χ3v) is 7.38. The van der Waals surface area contributed by atoms with E-state index in [0.717, 1.165) is 10.5 Å². The summed E-state index contributed by atoms with van der Waals surface area (Å²) in [7, 11) is -4.22. The van der Waals surface area contributed by atoms with Crippen LogP contribution in [0.1, 0.15) is 23.6 Å². The van der Waals surface area contributed by atoms with E-state index in [1.165, 1.54) is 36.4 Å². The van der Waals surface area contributed by atoms with Crippen LogP contribution in [0.5, 0.6) is 11.5 Å². The molecule has 11 heteroatoms. The van der Waals surface area contributed by atoms with Crippen molar-refractivity contribution in [1.29, 1.82) is 0 Å². The molecule has 0 bridgehead atoms. The Morgan fingerprint density at radius 1 is 1.05 bits per heavy atom. The van der Waals surface area contributed by atoms with Crippen LogP contribution in [-0.2, 0) is 26.1 Å². The minimum absolute atomic E-state index is 0.0369. The normalized spacial score (nSPS) is 14.7. The predicted molar refractivity (Wildman–Crippen MR) is 151 cm³/mol. The van der Waals surface area contributed by atoms with Crippen LogP contribution in [-0.4, -0.2) is 32.9 Å². The summed E-state index contributed by atoms with van der Waals surface area (Å²) in [5, 5.41) is 2.29. The molecule has 3 aromatic carbocycles. The summed E-state index contributed by atoms with van der Waals surface area (Å²) in [5.74, 6) is -1.75. The lowest BCUT2D eigenvalue weighted by molar-refractivity contribution is -0.122. The highest BCUT2D eigenvalue weighted by molar-refractivity contribution is 7.87. The monoisotopic (exact) mass is 580 g/mol. The number of aryl methyl sites for hydroxylation is 1. The molecule has 1 saturated heterocycles. The van der Waals surface area contributed by atoms with E-state index in [9.17, 15) is 22.8 Å². The van der Waals surface area contributed by atoms with E-state index in [4.69, 9.17) is 20.5 Å². The van der Waals surface area contributed by atoms with E-state index in [1.807, 2.05) is 6.92 Å². The number of ether oxygens (including phenoxy) is 1. The van der Waals surface area contributed by atoms with Crippen molar-refractivity contribution >= 4 is 51.3 Å². The number of carbonyl (C=O) groups is 3. The second-order valence-corrected chi connectivity index (χ2v) is 10.6. The van der Waals surface area contributed by atoms with Gasteiger partial charge in [-0.3, -0.25) is 14.9 Å². The standard InChI is InChI=1S/C29H25ClN2O7S/c1-4-8-20-15-19(16-22-27(33)31-29(35)32(28(22)34)24-10-7-6-9-23(24)30)17-25(38-5-2)26(20)39-40(36,37)21-13-11-18(3)12-14-21/h4,6-7,9-17H,1,5,8H2,2-3H3,(H,31,33,35)/b22-16+. The fourth-order valence-electron chi connectivity index (χ4n) is 3.97. The van der Waals surface area contributed by atoms with Crippen molar-refractivity contribution in [1.82, 2.24) is 5.32 Å². The van der Waals surface area contributed by atoms with E-state index < -0.39 is 28.0 Å². The van der Waals surface area contributed by atoms with Crippen molar-refractivity contribution in [2.24, 2.45) is 0 Å². The van der Waals surface area contributed by atoms with Gasteiger partial charge in [-0.1, -0.05) is 47.5 Å². The maximum atomic E-state index is 13.3. The fraction of sp³-hybridized carbons (Fsp3) is 0.138. The number of hydrogen-bond donors (Lipinski definition) is 1. The summed E-state index contributed by atoms with van der Waals surface area (Å²) in [4.78, 5) is 39.3. The number of allylic oxidation sites excluding steroid dienone is 1. The largest absolute Gasteiger partial charge is 0.490 e. The van der Waals surface area contributed by atoms with Gasteiger partial charge in [0.05, 0.1) is 17.3 Å². The number of nitrogens with one attached hydrogen (secondary N) is 1. The highest BCUT2D eigenvalue weighted by Crippen LogP contribution is 2.37. The molecule has 3 aromatic rings. The van der Waals surface area contributed by atoms with E-state index in [1.54, 1.807) is 43.3 Å². The molecule has 0 spiro atoms. The van der Waals surface area contributed by atoms with E-state index in [0.29, 0.717) is 11.1 Å². The van der Waals surface area contributed by atoms with Crippen molar-refractivity contribution < 1.29 is 31.7 Å². The molecule has 4 amide bonds. The molecule has 0 radical (unpaired) electrons. The maximum Gasteiger partial charge on any atom is 0.339 e. The quantitative estimate of drug-likeness (QED) is 0.160. The summed E-state index contributed by atoms with van der Waals surface area (Å²) >= 11 is 6.20. The molecule has 4 rings (SSSR count). The highest BCUT2D eigenvalue weighted by atomic mass is 35.5. The lowest BCUT2D eigenvalue weighted by Gasteiger charge is -2.27. The zero-order valence-corrected chi connectivity index (χ0v) is 23.2. The fourth-order valence-corrected chi connectivity index (χ4v) is 5.16. The summed E-state index contributed by atoms with van der Waals surface area (Å²) < 4.78 is 37.4. The van der Waals surface area contributed by atoms with Gasteiger partial charge in [0, 0.05) is 5.56 Å². The highest BCUT2D eigenvalue weighted by Gasteiger charge is 2.37. The van der Waals surface area contributed by atoms with Crippen LogP contribution < -0.4 is 19.1 Å². The molecule has 9 nitrogen and oxygen atoms in total. The summed E-state index contributed by atoms with van der Waals surface area (Å²) in [5.41, 5.74) is 1.36. The smallest absolute Gasteiger partial charge is 0.339 e. The molecule has 1 aliphatic rings. The van der Waals surface area contributed by atoms with E-state index in [-0.39, 0.29) is 45.7 Å². The Hall–Kier alpha value is -4.41. The van der Waals surface area contributed by atoms with Crippen LogP contribution >= 0.6 is 11.6 Å². The van der Waals surface area contributed by atoms with Gasteiger partial charge in [0.1, 0.15) is 10.5 Å².